The SMILES string of the molecule is N#Cc1[nH]nnc1-c1cccc(COc2cccc3c(O)cccc23)c1. The summed E-state index contributed by atoms with van der Waals surface area (Å²) in [4.78, 5) is 0. The summed E-state index contributed by atoms with van der Waals surface area (Å²) in [5.41, 5.74) is 2.58. The van der Waals surface area contributed by atoms with Crippen LogP contribution in [0.4, 0.5) is 0 Å². The van der Waals surface area contributed by atoms with Crippen LogP contribution < -0.4 is 4.74 Å². The number of benzene rings is 3. The fraction of sp³-hybridized carbons (Fsp3) is 0.0500. The number of ether oxygens (including phenoxy) is 1. The molecular weight excluding hydrogens is 328 g/mol. The largest absolute Gasteiger partial charge is 0.507 e. The monoisotopic (exact) mass is 342 g/mol. The zero-order valence-electron chi connectivity index (χ0n) is 13.7. The van der Waals surface area contributed by atoms with E-state index in [1.165, 1.54) is 0 Å². The third-order valence-electron chi connectivity index (χ3n) is 4.11. The average molecular weight is 342 g/mol. The van der Waals surface area contributed by atoms with Crippen LogP contribution in [0.25, 0.3) is 22.0 Å². The first-order chi connectivity index (χ1) is 12.8. The Morgan fingerprint density at radius 2 is 1.85 bits per heavy atom. The Morgan fingerprint density at radius 1 is 1.04 bits per heavy atom. The number of aromatic nitrogens is 3. The molecule has 0 radical (unpaired) electrons. The summed E-state index contributed by atoms with van der Waals surface area (Å²) in [5.74, 6) is 0.924. The van der Waals surface area contributed by atoms with Crippen molar-refractivity contribution in [1.82, 2.24) is 15.4 Å². The van der Waals surface area contributed by atoms with Crippen molar-refractivity contribution < 1.29 is 9.84 Å². The number of nitrogens with one attached hydrogen (secondary N) is 1. The molecule has 4 rings (SSSR count). The summed E-state index contributed by atoms with van der Waals surface area (Å²) in [6.45, 7) is 0.350. The molecule has 0 unspecified atom stereocenters. The molecule has 0 spiro atoms. The van der Waals surface area contributed by atoms with E-state index in [0.29, 0.717) is 23.7 Å². The zero-order chi connectivity index (χ0) is 17.9. The predicted octanol–water partition coefficient (Wildman–Crippen LogP) is 3.78. The maximum absolute atomic E-state index is 9.97. The first-order valence-electron chi connectivity index (χ1n) is 8.00. The highest BCUT2D eigenvalue weighted by Gasteiger charge is 2.10. The first-order valence-corrected chi connectivity index (χ1v) is 8.00. The van der Waals surface area contributed by atoms with Crippen LogP contribution in [0.3, 0.4) is 0 Å². The third-order valence-corrected chi connectivity index (χ3v) is 4.11. The van der Waals surface area contributed by atoms with Gasteiger partial charge in [-0.25, -0.2) is 5.10 Å². The highest BCUT2D eigenvalue weighted by Crippen LogP contribution is 2.32. The number of phenols is 1. The lowest BCUT2D eigenvalue weighted by molar-refractivity contribution is 0.310. The maximum atomic E-state index is 9.97. The summed E-state index contributed by atoms with van der Waals surface area (Å²) >= 11 is 0. The van der Waals surface area contributed by atoms with Gasteiger partial charge in [0.15, 0.2) is 5.69 Å². The van der Waals surface area contributed by atoms with Crippen LogP contribution >= 0.6 is 0 Å². The molecule has 26 heavy (non-hydrogen) atoms. The van der Waals surface area contributed by atoms with Crippen molar-refractivity contribution in [2.45, 2.75) is 6.61 Å². The number of nitrogens with zero attached hydrogens (tertiary/aromatic N) is 3. The Balaban J connectivity index is 1.61. The van der Waals surface area contributed by atoms with Crippen molar-refractivity contribution in [1.29, 1.82) is 5.26 Å². The fourth-order valence-corrected chi connectivity index (χ4v) is 2.87. The van der Waals surface area contributed by atoms with Gasteiger partial charge in [0.25, 0.3) is 0 Å². The molecule has 126 valence electrons. The number of aromatic hydroxyl groups is 1. The Hall–Kier alpha value is -3.85. The van der Waals surface area contributed by atoms with E-state index in [2.05, 4.69) is 15.4 Å². The van der Waals surface area contributed by atoms with E-state index in [9.17, 15) is 5.11 Å². The minimum absolute atomic E-state index is 0.227. The van der Waals surface area contributed by atoms with Crippen LogP contribution in [0.2, 0.25) is 0 Å². The van der Waals surface area contributed by atoms with Gasteiger partial charge in [0.05, 0.1) is 0 Å². The van der Waals surface area contributed by atoms with Gasteiger partial charge in [-0.3, -0.25) is 0 Å². The molecule has 6 nitrogen and oxygen atoms in total. The quantitative estimate of drug-likeness (QED) is 0.588. The van der Waals surface area contributed by atoms with E-state index in [1.807, 2.05) is 54.6 Å². The molecule has 0 amide bonds. The van der Waals surface area contributed by atoms with E-state index in [4.69, 9.17) is 10.00 Å². The molecule has 1 heterocycles. The van der Waals surface area contributed by atoms with E-state index in [-0.39, 0.29) is 5.75 Å². The second kappa shape index (κ2) is 6.57. The van der Waals surface area contributed by atoms with Gasteiger partial charge in [-0.15, -0.1) is 5.10 Å². The Kier molecular flexibility index (Phi) is 3.96. The summed E-state index contributed by atoms with van der Waals surface area (Å²) < 4.78 is 5.97. The molecule has 0 saturated heterocycles. The number of hydrogen-bond acceptors (Lipinski definition) is 5. The van der Waals surface area contributed by atoms with Crippen molar-refractivity contribution in [3.05, 3.63) is 71.9 Å². The summed E-state index contributed by atoms with van der Waals surface area (Å²) in [6.07, 6.45) is 0. The number of nitriles is 1. The van der Waals surface area contributed by atoms with Crippen molar-refractivity contribution in [2.24, 2.45) is 0 Å². The molecule has 0 bridgehead atoms. The molecule has 0 aliphatic heterocycles. The van der Waals surface area contributed by atoms with Crippen LogP contribution in [-0.2, 0) is 6.61 Å². The first kappa shape index (κ1) is 15.7. The van der Waals surface area contributed by atoms with Crippen LogP contribution in [0.1, 0.15) is 11.3 Å². The smallest absolute Gasteiger partial charge is 0.163 e. The molecule has 4 aromatic rings. The van der Waals surface area contributed by atoms with Crippen LogP contribution in [-0.4, -0.2) is 20.5 Å². The lowest BCUT2D eigenvalue weighted by Crippen LogP contribution is -1.96. The Bertz CT molecular complexity index is 1130. The lowest BCUT2D eigenvalue weighted by atomic mass is 10.1. The number of H-pyrrole nitrogens is 1. The van der Waals surface area contributed by atoms with Gasteiger partial charge in [0, 0.05) is 16.3 Å². The van der Waals surface area contributed by atoms with Gasteiger partial charge in [-0.05, 0) is 23.8 Å². The Morgan fingerprint density at radius 3 is 2.73 bits per heavy atom. The summed E-state index contributed by atoms with van der Waals surface area (Å²) in [7, 11) is 0. The van der Waals surface area contributed by atoms with E-state index < -0.39 is 0 Å². The lowest BCUT2D eigenvalue weighted by Gasteiger charge is -2.11. The van der Waals surface area contributed by atoms with Crippen molar-refractivity contribution in [3.63, 3.8) is 0 Å². The normalized spacial score (nSPS) is 10.6. The van der Waals surface area contributed by atoms with Gasteiger partial charge in [0.2, 0.25) is 0 Å². The van der Waals surface area contributed by atoms with Crippen LogP contribution in [0.5, 0.6) is 11.5 Å². The number of rotatable bonds is 4. The zero-order valence-corrected chi connectivity index (χ0v) is 13.7. The van der Waals surface area contributed by atoms with Crippen LogP contribution in [0.15, 0.2) is 60.7 Å². The molecular formula is C20H14N4O2. The molecule has 0 atom stereocenters. The maximum Gasteiger partial charge on any atom is 0.163 e. The second-order valence-electron chi connectivity index (χ2n) is 5.76. The van der Waals surface area contributed by atoms with E-state index in [0.717, 1.165) is 21.9 Å². The molecule has 0 aliphatic rings. The minimum Gasteiger partial charge on any atom is -0.507 e. The average Bonchev–Trinajstić information content (AvgIpc) is 3.16. The number of hydrogen-bond donors (Lipinski definition) is 2. The molecule has 6 heteroatoms. The highest BCUT2D eigenvalue weighted by molar-refractivity contribution is 5.92. The van der Waals surface area contributed by atoms with Crippen molar-refractivity contribution >= 4 is 10.8 Å². The molecule has 0 aliphatic carbocycles. The summed E-state index contributed by atoms with van der Waals surface area (Å²) in [6, 6.07) is 20.6. The van der Waals surface area contributed by atoms with Gasteiger partial charge in [-0.2, -0.15) is 5.26 Å². The molecule has 2 N–H and O–H groups in total. The highest BCUT2D eigenvalue weighted by atomic mass is 16.5. The summed E-state index contributed by atoms with van der Waals surface area (Å²) in [5, 5.41) is 30.9. The molecule has 3 aromatic carbocycles. The van der Waals surface area contributed by atoms with E-state index >= 15 is 0 Å². The van der Waals surface area contributed by atoms with Crippen LogP contribution in [0, 0.1) is 11.3 Å². The number of phenolic OH excluding ortho intramolecular Hbond substituents is 1. The van der Waals surface area contributed by atoms with Gasteiger partial charge in [-0.1, -0.05) is 47.7 Å². The van der Waals surface area contributed by atoms with E-state index in [1.54, 1.807) is 12.1 Å². The standard InChI is InChI=1S/C20H14N4O2/c21-11-17-20(23-24-22-17)14-5-1-4-13(10-14)12-26-19-9-3-6-15-16(19)7-2-8-18(15)25/h1-10,25H,12H2,(H,22,23,24). The van der Waals surface area contributed by atoms with Crippen molar-refractivity contribution in [2.75, 3.05) is 0 Å². The molecule has 0 saturated carbocycles. The Labute approximate surface area is 149 Å². The minimum atomic E-state index is 0.227. The topological polar surface area (TPSA) is 94.8 Å². The van der Waals surface area contributed by atoms with Gasteiger partial charge in [0.1, 0.15) is 29.9 Å². The number of fused-ring (bicyclic) bond motifs is 1. The van der Waals surface area contributed by atoms with Crippen molar-refractivity contribution in [3.8, 4) is 28.8 Å². The third kappa shape index (κ3) is 2.82. The number of aromatic amines is 1. The van der Waals surface area contributed by atoms with Gasteiger partial charge < -0.3 is 9.84 Å². The molecule has 1 aromatic heterocycles. The second-order valence-corrected chi connectivity index (χ2v) is 5.76. The van der Waals surface area contributed by atoms with Gasteiger partial charge >= 0.3 is 0 Å². The predicted molar refractivity (Wildman–Crippen MR) is 96.5 cm³/mol. The fourth-order valence-electron chi connectivity index (χ4n) is 2.87. The molecule has 0 fully saturated rings.